The Morgan fingerprint density at radius 2 is 2.12 bits per heavy atom. The van der Waals surface area contributed by atoms with Crippen LogP contribution in [0, 0.1) is 0 Å². The normalized spacial score (nSPS) is 12.4. The highest BCUT2D eigenvalue weighted by molar-refractivity contribution is 7.99. The van der Waals surface area contributed by atoms with Gasteiger partial charge in [-0.15, -0.1) is 18.3 Å². The SMILES string of the molecule is C=CCOCC(O)CSc1ccc(Cl)cc1. The van der Waals surface area contributed by atoms with Crippen molar-refractivity contribution in [2.24, 2.45) is 0 Å². The highest BCUT2D eigenvalue weighted by Crippen LogP contribution is 2.20. The first-order valence-electron chi connectivity index (χ1n) is 4.97. The van der Waals surface area contributed by atoms with Gasteiger partial charge in [-0.3, -0.25) is 0 Å². The number of rotatable bonds is 7. The summed E-state index contributed by atoms with van der Waals surface area (Å²) >= 11 is 7.35. The summed E-state index contributed by atoms with van der Waals surface area (Å²) in [5.74, 6) is 0.610. The molecule has 0 amide bonds. The molecule has 0 saturated heterocycles. The third kappa shape index (κ3) is 5.56. The van der Waals surface area contributed by atoms with E-state index in [0.29, 0.717) is 19.0 Å². The Morgan fingerprint density at radius 3 is 2.75 bits per heavy atom. The number of aliphatic hydroxyl groups is 1. The van der Waals surface area contributed by atoms with Gasteiger partial charge in [0.25, 0.3) is 0 Å². The monoisotopic (exact) mass is 258 g/mol. The van der Waals surface area contributed by atoms with Gasteiger partial charge < -0.3 is 9.84 Å². The second kappa shape index (κ2) is 7.74. The van der Waals surface area contributed by atoms with E-state index in [1.165, 1.54) is 0 Å². The molecular formula is C12H15ClO2S. The topological polar surface area (TPSA) is 29.5 Å². The Kier molecular flexibility index (Phi) is 6.57. The van der Waals surface area contributed by atoms with E-state index in [1.807, 2.05) is 24.3 Å². The van der Waals surface area contributed by atoms with Gasteiger partial charge in [0.15, 0.2) is 0 Å². The maximum atomic E-state index is 9.59. The van der Waals surface area contributed by atoms with Gasteiger partial charge in [-0.05, 0) is 24.3 Å². The summed E-state index contributed by atoms with van der Waals surface area (Å²) in [7, 11) is 0. The zero-order valence-electron chi connectivity index (χ0n) is 8.93. The van der Waals surface area contributed by atoms with Crippen LogP contribution in [0.1, 0.15) is 0 Å². The molecule has 1 rings (SSSR count). The highest BCUT2D eigenvalue weighted by atomic mass is 35.5. The molecule has 16 heavy (non-hydrogen) atoms. The fraction of sp³-hybridized carbons (Fsp3) is 0.333. The minimum Gasteiger partial charge on any atom is -0.390 e. The molecule has 0 bridgehead atoms. The standard InChI is InChI=1S/C12H15ClO2S/c1-2-7-15-8-11(14)9-16-12-5-3-10(13)4-6-12/h2-6,11,14H,1,7-9H2. The molecule has 1 atom stereocenters. The second-order valence-electron chi connectivity index (χ2n) is 3.24. The molecule has 0 aliphatic rings. The lowest BCUT2D eigenvalue weighted by Gasteiger charge is -2.09. The van der Waals surface area contributed by atoms with Crippen molar-refractivity contribution in [2.45, 2.75) is 11.0 Å². The van der Waals surface area contributed by atoms with Crippen molar-refractivity contribution in [1.29, 1.82) is 0 Å². The number of benzene rings is 1. The van der Waals surface area contributed by atoms with E-state index in [2.05, 4.69) is 6.58 Å². The van der Waals surface area contributed by atoms with Crippen molar-refractivity contribution in [3.05, 3.63) is 41.9 Å². The highest BCUT2D eigenvalue weighted by Gasteiger charge is 2.04. The molecule has 0 heterocycles. The van der Waals surface area contributed by atoms with E-state index < -0.39 is 6.10 Å². The van der Waals surface area contributed by atoms with Gasteiger partial charge in [-0.2, -0.15) is 0 Å². The lowest BCUT2D eigenvalue weighted by Crippen LogP contribution is -2.17. The van der Waals surface area contributed by atoms with Gasteiger partial charge >= 0.3 is 0 Å². The summed E-state index contributed by atoms with van der Waals surface area (Å²) in [5, 5.41) is 10.3. The quantitative estimate of drug-likeness (QED) is 0.463. The Bertz CT molecular complexity index is 313. The first-order chi connectivity index (χ1) is 7.72. The summed E-state index contributed by atoms with van der Waals surface area (Å²) in [6.07, 6.45) is 1.21. The molecule has 1 aromatic carbocycles. The van der Waals surface area contributed by atoms with Crippen LogP contribution in [0.15, 0.2) is 41.8 Å². The molecule has 0 fully saturated rings. The van der Waals surface area contributed by atoms with Crippen LogP contribution in [0.5, 0.6) is 0 Å². The maximum absolute atomic E-state index is 9.59. The van der Waals surface area contributed by atoms with Crippen molar-refractivity contribution >= 4 is 23.4 Å². The Hall–Kier alpha value is -0.480. The first kappa shape index (κ1) is 13.6. The van der Waals surface area contributed by atoms with E-state index in [-0.39, 0.29) is 0 Å². The van der Waals surface area contributed by atoms with E-state index >= 15 is 0 Å². The summed E-state index contributed by atoms with van der Waals surface area (Å²) < 4.78 is 5.15. The summed E-state index contributed by atoms with van der Waals surface area (Å²) in [6, 6.07) is 7.55. The maximum Gasteiger partial charge on any atom is 0.0867 e. The Labute approximate surface area is 105 Å². The number of thioether (sulfide) groups is 1. The van der Waals surface area contributed by atoms with Crippen molar-refractivity contribution in [2.75, 3.05) is 19.0 Å². The molecule has 0 saturated carbocycles. The van der Waals surface area contributed by atoms with E-state index in [0.717, 1.165) is 9.92 Å². The summed E-state index contributed by atoms with van der Waals surface area (Å²) in [5.41, 5.74) is 0. The van der Waals surface area contributed by atoms with Crippen LogP contribution < -0.4 is 0 Å². The lowest BCUT2D eigenvalue weighted by atomic mass is 10.4. The number of hydrogen-bond acceptors (Lipinski definition) is 3. The molecule has 0 aliphatic carbocycles. The Morgan fingerprint density at radius 1 is 1.44 bits per heavy atom. The Balaban J connectivity index is 2.23. The molecule has 1 aromatic rings. The molecule has 0 radical (unpaired) electrons. The smallest absolute Gasteiger partial charge is 0.0867 e. The zero-order chi connectivity index (χ0) is 11.8. The molecule has 2 nitrogen and oxygen atoms in total. The number of halogens is 1. The van der Waals surface area contributed by atoms with Gasteiger partial charge in [-0.1, -0.05) is 17.7 Å². The van der Waals surface area contributed by atoms with E-state index in [4.69, 9.17) is 16.3 Å². The predicted molar refractivity (Wildman–Crippen MR) is 69.2 cm³/mol. The first-order valence-corrected chi connectivity index (χ1v) is 6.34. The number of hydrogen-bond donors (Lipinski definition) is 1. The molecule has 1 unspecified atom stereocenters. The zero-order valence-corrected chi connectivity index (χ0v) is 10.5. The minimum absolute atomic E-state index is 0.340. The van der Waals surface area contributed by atoms with Gasteiger partial charge in [-0.25, -0.2) is 0 Å². The van der Waals surface area contributed by atoms with E-state index in [1.54, 1.807) is 17.8 Å². The summed E-state index contributed by atoms with van der Waals surface area (Å²) in [6.45, 7) is 4.35. The van der Waals surface area contributed by atoms with Crippen LogP contribution in [0.4, 0.5) is 0 Å². The van der Waals surface area contributed by atoms with Gasteiger partial charge in [0, 0.05) is 15.7 Å². The molecule has 0 spiro atoms. The predicted octanol–water partition coefficient (Wildman–Crippen LogP) is 3.00. The minimum atomic E-state index is -0.458. The van der Waals surface area contributed by atoms with Crippen LogP contribution in [0.2, 0.25) is 5.02 Å². The molecule has 0 aliphatic heterocycles. The molecule has 0 aromatic heterocycles. The van der Waals surface area contributed by atoms with Crippen molar-refractivity contribution < 1.29 is 9.84 Å². The molecule has 4 heteroatoms. The average Bonchev–Trinajstić information content (AvgIpc) is 2.29. The van der Waals surface area contributed by atoms with Crippen LogP contribution in [-0.2, 0) is 4.74 Å². The van der Waals surface area contributed by atoms with Gasteiger partial charge in [0.1, 0.15) is 0 Å². The second-order valence-corrected chi connectivity index (χ2v) is 4.77. The van der Waals surface area contributed by atoms with Gasteiger partial charge in [0.05, 0.1) is 19.3 Å². The lowest BCUT2D eigenvalue weighted by molar-refractivity contribution is 0.0625. The molecule has 1 N–H and O–H groups in total. The van der Waals surface area contributed by atoms with Crippen molar-refractivity contribution in [3.63, 3.8) is 0 Å². The van der Waals surface area contributed by atoms with Crippen LogP contribution in [0.25, 0.3) is 0 Å². The van der Waals surface area contributed by atoms with Crippen LogP contribution >= 0.6 is 23.4 Å². The fourth-order valence-corrected chi connectivity index (χ4v) is 1.99. The molecular weight excluding hydrogens is 244 g/mol. The number of ether oxygens (including phenoxy) is 1. The van der Waals surface area contributed by atoms with Crippen molar-refractivity contribution in [3.8, 4) is 0 Å². The third-order valence-electron chi connectivity index (χ3n) is 1.80. The van der Waals surface area contributed by atoms with Gasteiger partial charge in [0.2, 0.25) is 0 Å². The van der Waals surface area contributed by atoms with Crippen molar-refractivity contribution in [1.82, 2.24) is 0 Å². The fourth-order valence-electron chi connectivity index (χ4n) is 1.06. The average molecular weight is 259 g/mol. The van der Waals surface area contributed by atoms with Crippen LogP contribution in [0.3, 0.4) is 0 Å². The largest absolute Gasteiger partial charge is 0.390 e. The third-order valence-corrected chi connectivity index (χ3v) is 3.21. The summed E-state index contributed by atoms with van der Waals surface area (Å²) in [4.78, 5) is 1.09. The van der Waals surface area contributed by atoms with Crippen LogP contribution in [-0.4, -0.2) is 30.2 Å². The van der Waals surface area contributed by atoms with E-state index in [9.17, 15) is 5.11 Å². The molecule has 88 valence electrons. The number of aliphatic hydroxyl groups excluding tert-OH is 1.